The molecule has 128 valence electrons. The van der Waals surface area contributed by atoms with Gasteiger partial charge in [0.1, 0.15) is 11.5 Å². The number of thiazole rings is 1. The predicted octanol–water partition coefficient (Wildman–Crippen LogP) is 3.29. The molecule has 1 aliphatic heterocycles. The minimum Gasteiger partial charge on any atom is -0.357 e. The van der Waals surface area contributed by atoms with Gasteiger partial charge in [0.25, 0.3) is 5.91 Å². The summed E-state index contributed by atoms with van der Waals surface area (Å²) in [5.41, 5.74) is 2.24. The van der Waals surface area contributed by atoms with E-state index in [1.807, 2.05) is 5.38 Å². The predicted molar refractivity (Wildman–Crippen MR) is 96.4 cm³/mol. The molecule has 1 saturated heterocycles. The molecule has 2 aromatic heterocycles. The number of nitrogens with one attached hydrogen (secondary N) is 2. The van der Waals surface area contributed by atoms with Crippen molar-refractivity contribution < 1.29 is 9.18 Å². The topological polar surface area (TPSA) is 61.0 Å². The number of anilines is 1. The third-order valence-electron chi connectivity index (χ3n) is 4.32. The van der Waals surface area contributed by atoms with Gasteiger partial charge < -0.3 is 15.2 Å². The fourth-order valence-corrected chi connectivity index (χ4v) is 3.70. The molecule has 0 unspecified atom stereocenters. The zero-order valence-electron chi connectivity index (χ0n) is 13.4. The summed E-state index contributed by atoms with van der Waals surface area (Å²) in [4.78, 5) is 22.0. The van der Waals surface area contributed by atoms with Crippen molar-refractivity contribution in [3.63, 3.8) is 0 Å². The molecule has 1 aromatic carbocycles. The molecule has 1 atom stereocenters. The Morgan fingerprint density at radius 2 is 2.16 bits per heavy atom. The van der Waals surface area contributed by atoms with Gasteiger partial charge in [0.15, 0.2) is 5.13 Å². The molecule has 0 bridgehead atoms. The average molecular weight is 356 g/mol. The summed E-state index contributed by atoms with van der Waals surface area (Å²) in [5, 5.41) is 6.02. The molecular formula is C18H17FN4OS. The van der Waals surface area contributed by atoms with Gasteiger partial charge in [0, 0.05) is 36.9 Å². The lowest BCUT2D eigenvalue weighted by Crippen LogP contribution is -2.37. The van der Waals surface area contributed by atoms with Crippen molar-refractivity contribution in [2.75, 3.05) is 18.0 Å². The Bertz CT molecular complexity index is 860. The Kier molecular flexibility index (Phi) is 4.23. The van der Waals surface area contributed by atoms with Crippen LogP contribution in [0.2, 0.25) is 0 Å². The van der Waals surface area contributed by atoms with E-state index in [1.165, 1.54) is 12.1 Å². The molecule has 3 aromatic rings. The summed E-state index contributed by atoms with van der Waals surface area (Å²) in [5.74, 6) is -0.400. The lowest BCUT2D eigenvalue weighted by molar-refractivity contribution is 0.0936. The molecule has 7 heteroatoms. The lowest BCUT2D eigenvalue weighted by Gasteiger charge is -2.15. The first kappa shape index (κ1) is 15.8. The normalized spacial score (nSPS) is 17.0. The number of nitrogens with zero attached hydrogens (tertiary/aromatic N) is 2. The average Bonchev–Trinajstić information content (AvgIpc) is 3.36. The van der Waals surface area contributed by atoms with Crippen molar-refractivity contribution in [2.24, 2.45) is 0 Å². The van der Waals surface area contributed by atoms with Crippen molar-refractivity contribution in [3.05, 3.63) is 59.6 Å². The van der Waals surface area contributed by atoms with Crippen molar-refractivity contribution in [1.29, 1.82) is 0 Å². The Labute approximate surface area is 148 Å². The second-order valence-corrected chi connectivity index (χ2v) is 6.90. The number of aromatic amines is 1. The summed E-state index contributed by atoms with van der Waals surface area (Å²) in [6.07, 6.45) is 4.46. The van der Waals surface area contributed by atoms with Crippen LogP contribution in [-0.2, 0) is 0 Å². The molecule has 0 radical (unpaired) electrons. The van der Waals surface area contributed by atoms with Crippen LogP contribution in [0.15, 0.2) is 48.1 Å². The molecule has 0 aliphatic carbocycles. The van der Waals surface area contributed by atoms with Gasteiger partial charge >= 0.3 is 0 Å². The van der Waals surface area contributed by atoms with E-state index in [9.17, 15) is 9.18 Å². The molecule has 5 nitrogen and oxygen atoms in total. The first-order chi connectivity index (χ1) is 12.2. The van der Waals surface area contributed by atoms with Gasteiger partial charge in [-0.3, -0.25) is 4.79 Å². The van der Waals surface area contributed by atoms with Crippen LogP contribution in [0.5, 0.6) is 0 Å². The monoisotopic (exact) mass is 356 g/mol. The number of carbonyl (C=O) groups is 1. The number of H-pyrrole nitrogens is 1. The number of hydrogen-bond acceptors (Lipinski definition) is 4. The fourth-order valence-electron chi connectivity index (χ4n) is 3.02. The highest BCUT2D eigenvalue weighted by Gasteiger charge is 2.26. The van der Waals surface area contributed by atoms with Gasteiger partial charge in [-0.2, -0.15) is 0 Å². The molecule has 4 rings (SSSR count). The van der Waals surface area contributed by atoms with E-state index in [0.29, 0.717) is 5.69 Å². The molecule has 1 aliphatic rings. The fraction of sp³-hybridized carbons (Fsp3) is 0.222. The van der Waals surface area contributed by atoms with E-state index in [4.69, 9.17) is 0 Å². The Hall–Kier alpha value is -2.67. The zero-order valence-corrected chi connectivity index (χ0v) is 14.2. The highest BCUT2D eigenvalue weighted by Crippen LogP contribution is 2.23. The Balaban J connectivity index is 1.40. The highest BCUT2D eigenvalue weighted by atomic mass is 32.1. The molecule has 1 amide bonds. The summed E-state index contributed by atoms with van der Waals surface area (Å²) < 4.78 is 13.0. The van der Waals surface area contributed by atoms with Gasteiger partial charge in [-0.1, -0.05) is 12.1 Å². The second kappa shape index (κ2) is 6.68. The second-order valence-electron chi connectivity index (χ2n) is 6.03. The molecule has 0 saturated carbocycles. The van der Waals surface area contributed by atoms with E-state index in [-0.39, 0.29) is 17.8 Å². The molecule has 3 heterocycles. The number of rotatable bonds is 4. The van der Waals surface area contributed by atoms with Crippen LogP contribution in [0.3, 0.4) is 0 Å². The molecule has 0 spiro atoms. The highest BCUT2D eigenvalue weighted by molar-refractivity contribution is 7.13. The van der Waals surface area contributed by atoms with Gasteiger partial charge in [-0.25, -0.2) is 9.37 Å². The molecular weight excluding hydrogens is 339 g/mol. The van der Waals surface area contributed by atoms with Gasteiger partial charge in [0.2, 0.25) is 0 Å². The number of hydrogen-bond donors (Lipinski definition) is 2. The molecule has 1 fully saturated rings. The number of halogens is 1. The summed E-state index contributed by atoms with van der Waals surface area (Å²) in [7, 11) is 0. The van der Waals surface area contributed by atoms with Crippen LogP contribution in [-0.4, -0.2) is 35.0 Å². The Morgan fingerprint density at radius 3 is 2.92 bits per heavy atom. The summed E-state index contributed by atoms with van der Waals surface area (Å²) in [6, 6.07) is 8.11. The largest absolute Gasteiger partial charge is 0.357 e. The third kappa shape index (κ3) is 3.41. The van der Waals surface area contributed by atoms with Crippen LogP contribution in [0.25, 0.3) is 11.1 Å². The Morgan fingerprint density at radius 1 is 1.32 bits per heavy atom. The van der Waals surface area contributed by atoms with Gasteiger partial charge in [0.05, 0.1) is 0 Å². The maximum atomic E-state index is 13.0. The SMILES string of the molecule is O=C(N[C@@H]1CCN(c2nccs2)C1)c1cc(-c2ccc(F)cc2)c[nH]1. The maximum Gasteiger partial charge on any atom is 0.267 e. The minimum atomic E-state index is -0.275. The number of amides is 1. The number of carbonyl (C=O) groups excluding carboxylic acids is 1. The van der Waals surface area contributed by atoms with Crippen LogP contribution in [0.4, 0.5) is 9.52 Å². The number of benzene rings is 1. The summed E-state index contributed by atoms with van der Waals surface area (Å²) in [6.45, 7) is 1.66. The van der Waals surface area contributed by atoms with E-state index in [1.54, 1.807) is 41.9 Å². The zero-order chi connectivity index (χ0) is 17.2. The van der Waals surface area contributed by atoms with Crippen molar-refractivity contribution >= 4 is 22.4 Å². The first-order valence-electron chi connectivity index (χ1n) is 8.09. The maximum absolute atomic E-state index is 13.0. The minimum absolute atomic E-state index is 0.106. The van der Waals surface area contributed by atoms with E-state index in [2.05, 4.69) is 20.2 Å². The first-order valence-corrected chi connectivity index (χ1v) is 8.97. The van der Waals surface area contributed by atoms with Gasteiger partial charge in [-0.15, -0.1) is 11.3 Å². The van der Waals surface area contributed by atoms with Gasteiger partial charge in [-0.05, 0) is 35.7 Å². The van der Waals surface area contributed by atoms with Crippen molar-refractivity contribution in [3.8, 4) is 11.1 Å². The van der Waals surface area contributed by atoms with Crippen molar-refractivity contribution in [1.82, 2.24) is 15.3 Å². The number of aromatic nitrogens is 2. The van der Waals surface area contributed by atoms with Crippen LogP contribution >= 0.6 is 11.3 Å². The quantitative estimate of drug-likeness (QED) is 0.754. The van der Waals surface area contributed by atoms with E-state index < -0.39 is 0 Å². The molecule has 2 N–H and O–H groups in total. The smallest absolute Gasteiger partial charge is 0.267 e. The van der Waals surface area contributed by atoms with Crippen molar-refractivity contribution in [2.45, 2.75) is 12.5 Å². The van der Waals surface area contributed by atoms with Crippen LogP contribution in [0, 0.1) is 5.82 Å². The molecule has 25 heavy (non-hydrogen) atoms. The summed E-state index contributed by atoms with van der Waals surface area (Å²) >= 11 is 1.61. The van der Waals surface area contributed by atoms with Crippen LogP contribution < -0.4 is 10.2 Å². The third-order valence-corrected chi connectivity index (χ3v) is 5.15. The standard InChI is InChI=1S/C18H17FN4OS/c19-14-3-1-12(2-4-14)13-9-16(21-10-13)17(24)22-15-5-7-23(11-15)18-20-6-8-25-18/h1-4,6,8-10,15,21H,5,7,11H2,(H,22,24)/t15-/m1/s1. The van der Waals surface area contributed by atoms with E-state index in [0.717, 1.165) is 35.8 Å². The van der Waals surface area contributed by atoms with E-state index >= 15 is 0 Å². The lowest BCUT2D eigenvalue weighted by atomic mass is 10.1. The van der Waals surface area contributed by atoms with Crippen LogP contribution in [0.1, 0.15) is 16.9 Å².